The number of morpholine rings is 1. The van der Waals surface area contributed by atoms with Crippen LogP contribution in [0.25, 0.3) is 27.8 Å². The summed E-state index contributed by atoms with van der Waals surface area (Å²) in [6.45, 7) is 2.14. The summed E-state index contributed by atoms with van der Waals surface area (Å²) in [4.78, 5) is 27.6. The third-order valence-electron chi connectivity index (χ3n) is 7.60. The maximum atomic E-state index is 14.1. The highest BCUT2D eigenvalue weighted by atomic mass is 19.1. The number of pyridine rings is 1. The lowest BCUT2D eigenvalue weighted by Crippen LogP contribution is -2.40. The van der Waals surface area contributed by atoms with Crippen LogP contribution in [0.5, 0.6) is 0 Å². The first-order valence-corrected chi connectivity index (χ1v) is 13.0. The number of halogens is 1. The molecule has 1 aliphatic carbocycles. The molecule has 1 aromatic carbocycles. The number of aromatic nitrogens is 4. The molecule has 9 heteroatoms. The fourth-order valence-corrected chi connectivity index (χ4v) is 5.69. The lowest BCUT2D eigenvalue weighted by Gasteiger charge is -2.27. The van der Waals surface area contributed by atoms with Crippen molar-refractivity contribution in [1.82, 2.24) is 24.3 Å². The van der Waals surface area contributed by atoms with Gasteiger partial charge in [-0.05, 0) is 43.0 Å². The summed E-state index contributed by atoms with van der Waals surface area (Å²) in [5.41, 5.74) is 5.99. The summed E-state index contributed by atoms with van der Waals surface area (Å²) in [7, 11) is 0. The molecule has 0 saturated carbocycles. The van der Waals surface area contributed by atoms with E-state index in [1.807, 2.05) is 22.7 Å². The summed E-state index contributed by atoms with van der Waals surface area (Å²) < 4.78 is 21.4. The molecule has 5 aromatic rings. The number of aryl methyl sites for hydroxylation is 1. The van der Waals surface area contributed by atoms with Crippen molar-refractivity contribution in [3.63, 3.8) is 0 Å². The molecule has 2 aliphatic rings. The van der Waals surface area contributed by atoms with E-state index in [-0.39, 0.29) is 11.9 Å². The van der Waals surface area contributed by atoms with Gasteiger partial charge in [-0.1, -0.05) is 18.2 Å². The molecule has 7 rings (SSSR count). The number of anilines is 1. The Bertz CT molecular complexity index is 1670. The number of amides is 1. The molecule has 192 valence electrons. The molecule has 38 heavy (non-hydrogen) atoms. The van der Waals surface area contributed by atoms with Crippen molar-refractivity contribution >= 4 is 28.3 Å². The zero-order valence-corrected chi connectivity index (χ0v) is 20.8. The Morgan fingerprint density at radius 3 is 2.87 bits per heavy atom. The molecule has 1 fully saturated rings. The number of nitrogens with one attached hydrogen (secondary N) is 2. The molecular formula is C29H27FN6O2. The van der Waals surface area contributed by atoms with Crippen LogP contribution in [0.15, 0.2) is 61.1 Å². The first-order chi connectivity index (χ1) is 18.6. The van der Waals surface area contributed by atoms with Crippen molar-refractivity contribution in [1.29, 1.82) is 0 Å². The standard InChI is InChI=1S/C29H27FN6O2/c30-19-13-18(16-31-17-19)26-15-27(32-20-5-6-25-23(14-20)21-3-1-2-4-24(21)33-25)36-8-7-22(28(36)34-26)29(37)35-9-11-38-12-10-35/h1-4,7-8,13,15-17,20,32-33H,5-6,9-12,14H2/t20-/m1/s1. The number of benzene rings is 1. The minimum Gasteiger partial charge on any atom is -0.378 e. The molecule has 0 bridgehead atoms. The van der Waals surface area contributed by atoms with Gasteiger partial charge in [-0.15, -0.1) is 0 Å². The first kappa shape index (κ1) is 22.9. The van der Waals surface area contributed by atoms with Crippen LogP contribution < -0.4 is 5.32 Å². The normalized spacial score (nSPS) is 17.6. The summed E-state index contributed by atoms with van der Waals surface area (Å²) in [5.74, 6) is 0.297. The van der Waals surface area contributed by atoms with E-state index in [1.165, 1.54) is 34.4 Å². The second-order valence-corrected chi connectivity index (χ2v) is 9.96. The number of fused-ring (bicyclic) bond motifs is 4. The molecule has 1 atom stereocenters. The molecule has 8 nitrogen and oxygen atoms in total. The number of carbonyl (C=O) groups excluding carboxylic acids is 1. The minimum atomic E-state index is -0.433. The lowest BCUT2D eigenvalue weighted by molar-refractivity contribution is 0.0304. The number of hydrogen-bond acceptors (Lipinski definition) is 5. The predicted octanol–water partition coefficient (Wildman–Crippen LogP) is 4.46. The predicted molar refractivity (Wildman–Crippen MR) is 143 cm³/mol. The van der Waals surface area contributed by atoms with E-state index in [9.17, 15) is 9.18 Å². The highest BCUT2D eigenvalue weighted by Gasteiger charge is 2.26. The number of para-hydroxylation sites is 1. The third kappa shape index (κ3) is 3.99. The monoisotopic (exact) mass is 510 g/mol. The Hall–Kier alpha value is -4.24. The number of ether oxygens (including phenoxy) is 1. The summed E-state index contributed by atoms with van der Waals surface area (Å²) in [5, 5.41) is 4.99. The van der Waals surface area contributed by atoms with Gasteiger partial charge in [0.1, 0.15) is 11.6 Å². The number of rotatable bonds is 4. The Morgan fingerprint density at radius 1 is 1.13 bits per heavy atom. The largest absolute Gasteiger partial charge is 0.378 e. The third-order valence-corrected chi connectivity index (χ3v) is 7.60. The van der Waals surface area contributed by atoms with Crippen LogP contribution in [-0.2, 0) is 17.6 Å². The topological polar surface area (TPSA) is 87.5 Å². The van der Waals surface area contributed by atoms with Gasteiger partial charge in [-0.2, -0.15) is 0 Å². The van der Waals surface area contributed by atoms with Crippen LogP contribution in [0.3, 0.4) is 0 Å². The van der Waals surface area contributed by atoms with Crippen molar-refractivity contribution < 1.29 is 13.9 Å². The SMILES string of the molecule is O=C(c1ccn2c(N[C@@H]3CCc4[nH]c5ccccc5c4C3)cc(-c3cncc(F)c3)nc12)N1CCOCC1. The Balaban J connectivity index is 1.28. The van der Waals surface area contributed by atoms with Gasteiger partial charge in [0.15, 0.2) is 5.65 Å². The Labute approximate surface area is 218 Å². The molecule has 1 saturated heterocycles. The minimum absolute atomic E-state index is 0.0788. The maximum Gasteiger partial charge on any atom is 0.257 e. The van der Waals surface area contributed by atoms with Crippen molar-refractivity contribution in [3.8, 4) is 11.3 Å². The quantitative estimate of drug-likeness (QED) is 0.373. The van der Waals surface area contributed by atoms with Crippen LogP contribution in [0.1, 0.15) is 28.0 Å². The smallest absolute Gasteiger partial charge is 0.257 e. The summed E-state index contributed by atoms with van der Waals surface area (Å²) in [6.07, 6.45) is 7.43. The number of H-pyrrole nitrogens is 1. The summed E-state index contributed by atoms with van der Waals surface area (Å²) >= 11 is 0. The number of aromatic amines is 1. The van der Waals surface area contributed by atoms with Gasteiger partial charge in [0.25, 0.3) is 5.91 Å². The fraction of sp³-hybridized carbons (Fsp3) is 0.276. The van der Waals surface area contributed by atoms with Crippen LogP contribution in [-0.4, -0.2) is 62.5 Å². The lowest BCUT2D eigenvalue weighted by atomic mass is 9.91. The van der Waals surface area contributed by atoms with Gasteiger partial charge < -0.3 is 19.9 Å². The molecule has 0 unspecified atom stereocenters. The zero-order valence-electron chi connectivity index (χ0n) is 20.8. The number of hydrogen-bond donors (Lipinski definition) is 2. The zero-order chi connectivity index (χ0) is 25.6. The molecular weight excluding hydrogens is 483 g/mol. The molecule has 2 N–H and O–H groups in total. The first-order valence-electron chi connectivity index (χ1n) is 13.0. The van der Waals surface area contributed by atoms with Gasteiger partial charge in [0.05, 0.1) is 30.7 Å². The molecule has 1 aliphatic heterocycles. The van der Waals surface area contributed by atoms with E-state index in [0.29, 0.717) is 48.8 Å². The van der Waals surface area contributed by atoms with Gasteiger partial charge >= 0.3 is 0 Å². The van der Waals surface area contributed by atoms with Crippen LogP contribution >= 0.6 is 0 Å². The van der Waals surface area contributed by atoms with E-state index in [1.54, 1.807) is 11.1 Å². The van der Waals surface area contributed by atoms with E-state index >= 15 is 0 Å². The molecule has 1 amide bonds. The molecule has 4 aromatic heterocycles. The van der Waals surface area contributed by atoms with E-state index in [0.717, 1.165) is 25.1 Å². The second kappa shape index (κ2) is 9.25. The van der Waals surface area contributed by atoms with Crippen molar-refractivity contribution in [2.24, 2.45) is 0 Å². The van der Waals surface area contributed by atoms with Gasteiger partial charge in [0.2, 0.25) is 0 Å². The summed E-state index contributed by atoms with van der Waals surface area (Å²) in [6, 6.07) is 13.8. The molecule has 0 radical (unpaired) electrons. The fourth-order valence-electron chi connectivity index (χ4n) is 5.69. The van der Waals surface area contributed by atoms with E-state index in [2.05, 4.69) is 39.6 Å². The highest BCUT2D eigenvalue weighted by Crippen LogP contribution is 2.32. The average molecular weight is 511 g/mol. The Kier molecular flexibility index (Phi) is 5.58. The second-order valence-electron chi connectivity index (χ2n) is 9.96. The van der Waals surface area contributed by atoms with Crippen LogP contribution in [0.2, 0.25) is 0 Å². The van der Waals surface area contributed by atoms with Crippen molar-refractivity contribution in [2.45, 2.75) is 25.3 Å². The van der Waals surface area contributed by atoms with Crippen molar-refractivity contribution in [3.05, 3.63) is 83.7 Å². The van der Waals surface area contributed by atoms with Gasteiger partial charge in [0, 0.05) is 59.8 Å². The van der Waals surface area contributed by atoms with Crippen LogP contribution in [0.4, 0.5) is 10.2 Å². The maximum absolute atomic E-state index is 14.1. The van der Waals surface area contributed by atoms with Crippen molar-refractivity contribution in [2.75, 3.05) is 31.6 Å². The van der Waals surface area contributed by atoms with E-state index in [4.69, 9.17) is 9.72 Å². The van der Waals surface area contributed by atoms with E-state index < -0.39 is 5.82 Å². The number of nitrogens with zero attached hydrogens (tertiary/aromatic N) is 4. The van der Waals surface area contributed by atoms with Crippen LogP contribution in [0, 0.1) is 5.82 Å². The highest BCUT2D eigenvalue weighted by molar-refractivity contribution is 6.00. The number of carbonyl (C=O) groups is 1. The van der Waals surface area contributed by atoms with Gasteiger partial charge in [-0.3, -0.25) is 14.2 Å². The molecule has 0 spiro atoms. The molecule has 5 heterocycles. The van der Waals surface area contributed by atoms with Gasteiger partial charge in [-0.25, -0.2) is 9.37 Å². The Morgan fingerprint density at radius 2 is 2.00 bits per heavy atom. The average Bonchev–Trinajstić information content (AvgIpc) is 3.55.